The lowest BCUT2D eigenvalue weighted by molar-refractivity contribution is -0.142. The first-order chi connectivity index (χ1) is 14.0. The van der Waals surface area contributed by atoms with Crippen LogP contribution in [0.15, 0.2) is 30.3 Å². The Morgan fingerprint density at radius 1 is 1.00 bits per heavy atom. The van der Waals surface area contributed by atoms with Crippen LogP contribution in [0.1, 0.15) is 18.5 Å². The molecule has 0 amide bonds. The molecule has 1 N–H and O–H groups in total. The van der Waals surface area contributed by atoms with E-state index >= 15 is 0 Å². The average Bonchev–Trinajstić information content (AvgIpc) is 2.74. The zero-order valence-corrected chi connectivity index (χ0v) is 16.6. The molecule has 1 aromatic carbocycles. The average molecular weight is 399 g/mol. The standard InChI is InChI=1S/C21H26FN5O2/c1-15-14-19(26-8-6-16(7-9-26)20(28)29)24-21(23-15)27-12-10-25(11-13-27)18-5-3-2-4-17(18)22/h2-5,14,16H,6-13H2,1H3,(H,28,29). The number of carbonyl (C=O) groups is 1. The van der Waals surface area contributed by atoms with Crippen LogP contribution in [0.2, 0.25) is 0 Å². The number of para-hydroxylation sites is 1. The van der Waals surface area contributed by atoms with E-state index in [-0.39, 0.29) is 11.7 Å². The number of carboxylic acid groups (broad SMARTS) is 1. The highest BCUT2D eigenvalue weighted by atomic mass is 19.1. The second kappa shape index (κ2) is 8.23. The molecule has 0 saturated carbocycles. The van der Waals surface area contributed by atoms with E-state index in [4.69, 9.17) is 4.98 Å². The molecule has 0 unspecified atom stereocenters. The third-order valence-electron chi connectivity index (χ3n) is 5.75. The minimum absolute atomic E-state index is 0.195. The summed E-state index contributed by atoms with van der Waals surface area (Å²) < 4.78 is 14.1. The zero-order valence-electron chi connectivity index (χ0n) is 16.6. The first-order valence-electron chi connectivity index (χ1n) is 10.1. The molecule has 0 aliphatic carbocycles. The summed E-state index contributed by atoms with van der Waals surface area (Å²) in [5.41, 5.74) is 1.53. The van der Waals surface area contributed by atoms with Gasteiger partial charge in [0.2, 0.25) is 5.95 Å². The number of halogens is 1. The van der Waals surface area contributed by atoms with E-state index < -0.39 is 5.97 Å². The van der Waals surface area contributed by atoms with E-state index in [1.165, 1.54) is 6.07 Å². The minimum Gasteiger partial charge on any atom is -0.481 e. The fourth-order valence-electron chi connectivity index (χ4n) is 4.05. The maximum Gasteiger partial charge on any atom is 0.306 e. The van der Waals surface area contributed by atoms with Crippen LogP contribution in [0.5, 0.6) is 0 Å². The Bertz CT molecular complexity index is 877. The van der Waals surface area contributed by atoms with Gasteiger partial charge in [0.05, 0.1) is 11.6 Å². The van der Waals surface area contributed by atoms with Crippen molar-refractivity contribution in [3.05, 3.63) is 41.8 Å². The van der Waals surface area contributed by atoms with Crippen LogP contribution >= 0.6 is 0 Å². The maximum atomic E-state index is 14.1. The van der Waals surface area contributed by atoms with Gasteiger partial charge in [-0.1, -0.05) is 12.1 Å². The van der Waals surface area contributed by atoms with Crippen molar-refractivity contribution in [1.29, 1.82) is 0 Å². The smallest absolute Gasteiger partial charge is 0.306 e. The lowest BCUT2D eigenvalue weighted by Gasteiger charge is -2.37. The normalized spacial score (nSPS) is 18.2. The molecule has 29 heavy (non-hydrogen) atoms. The van der Waals surface area contributed by atoms with Gasteiger partial charge >= 0.3 is 5.97 Å². The Labute approximate surface area is 169 Å². The molecular formula is C21H26FN5O2. The van der Waals surface area contributed by atoms with Crippen molar-refractivity contribution in [2.75, 3.05) is 54.0 Å². The van der Waals surface area contributed by atoms with E-state index in [0.717, 1.165) is 24.6 Å². The Hall–Kier alpha value is -2.90. The van der Waals surface area contributed by atoms with Crippen LogP contribution in [-0.2, 0) is 4.79 Å². The van der Waals surface area contributed by atoms with Crippen molar-refractivity contribution in [3.63, 3.8) is 0 Å². The minimum atomic E-state index is -0.711. The monoisotopic (exact) mass is 399 g/mol. The quantitative estimate of drug-likeness (QED) is 0.847. The molecular weight excluding hydrogens is 373 g/mol. The Morgan fingerprint density at radius 3 is 2.31 bits per heavy atom. The van der Waals surface area contributed by atoms with Gasteiger partial charge in [-0.15, -0.1) is 0 Å². The summed E-state index contributed by atoms with van der Waals surface area (Å²) in [5.74, 6) is 0.373. The van der Waals surface area contributed by atoms with Crippen molar-refractivity contribution >= 4 is 23.4 Å². The molecule has 4 rings (SSSR count). The molecule has 2 aromatic rings. The number of piperazine rings is 1. The predicted octanol–water partition coefficient (Wildman–Crippen LogP) is 2.55. The van der Waals surface area contributed by atoms with Gasteiger partial charge in [0.15, 0.2) is 0 Å². The number of hydrogen-bond acceptors (Lipinski definition) is 6. The molecule has 8 heteroatoms. The van der Waals surface area contributed by atoms with E-state index in [9.17, 15) is 14.3 Å². The number of aliphatic carboxylic acids is 1. The summed E-state index contributed by atoms with van der Waals surface area (Å²) in [6, 6.07) is 8.82. The molecule has 0 radical (unpaired) electrons. The Kier molecular flexibility index (Phi) is 5.51. The summed E-state index contributed by atoms with van der Waals surface area (Å²) in [7, 11) is 0. The van der Waals surface area contributed by atoms with Crippen LogP contribution in [0, 0.1) is 18.7 Å². The van der Waals surface area contributed by atoms with Gasteiger partial charge in [0.1, 0.15) is 11.6 Å². The maximum absolute atomic E-state index is 14.1. The fraction of sp³-hybridized carbons (Fsp3) is 0.476. The van der Waals surface area contributed by atoms with E-state index in [1.54, 1.807) is 6.07 Å². The molecule has 0 atom stereocenters. The van der Waals surface area contributed by atoms with Crippen LogP contribution in [-0.4, -0.2) is 60.3 Å². The fourth-order valence-corrected chi connectivity index (χ4v) is 4.05. The second-order valence-corrected chi connectivity index (χ2v) is 7.69. The topological polar surface area (TPSA) is 72.8 Å². The highest BCUT2D eigenvalue weighted by molar-refractivity contribution is 5.70. The van der Waals surface area contributed by atoms with E-state index in [2.05, 4.69) is 19.7 Å². The highest BCUT2D eigenvalue weighted by Gasteiger charge is 2.26. The molecule has 1 aromatic heterocycles. The number of hydrogen-bond donors (Lipinski definition) is 1. The number of piperidine rings is 1. The second-order valence-electron chi connectivity index (χ2n) is 7.69. The molecule has 0 bridgehead atoms. The van der Waals surface area contributed by atoms with Crippen LogP contribution in [0.4, 0.5) is 21.8 Å². The summed E-state index contributed by atoms with van der Waals surface area (Å²) in [6.45, 7) is 6.18. The third-order valence-corrected chi connectivity index (χ3v) is 5.75. The van der Waals surface area contributed by atoms with Crippen molar-refractivity contribution < 1.29 is 14.3 Å². The molecule has 2 aliphatic rings. The number of benzene rings is 1. The van der Waals surface area contributed by atoms with Gasteiger partial charge in [0, 0.05) is 51.0 Å². The SMILES string of the molecule is Cc1cc(N2CCC(C(=O)O)CC2)nc(N2CCN(c3ccccc3F)CC2)n1. The largest absolute Gasteiger partial charge is 0.481 e. The number of carboxylic acids is 1. The molecule has 3 heterocycles. The zero-order chi connectivity index (χ0) is 20.4. The van der Waals surface area contributed by atoms with Crippen molar-refractivity contribution in [2.45, 2.75) is 19.8 Å². The molecule has 7 nitrogen and oxygen atoms in total. The summed E-state index contributed by atoms with van der Waals surface area (Å²) in [5, 5.41) is 9.20. The Balaban J connectivity index is 1.44. The van der Waals surface area contributed by atoms with Crippen LogP contribution in [0.3, 0.4) is 0 Å². The summed E-state index contributed by atoms with van der Waals surface area (Å²) in [6.07, 6.45) is 1.27. The lowest BCUT2D eigenvalue weighted by atomic mass is 9.97. The number of aryl methyl sites for hydroxylation is 1. The molecule has 0 spiro atoms. The third kappa shape index (κ3) is 4.26. The van der Waals surface area contributed by atoms with Gasteiger partial charge < -0.3 is 19.8 Å². The highest BCUT2D eigenvalue weighted by Crippen LogP contribution is 2.26. The molecule has 2 aliphatic heterocycles. The number of nitrogens with zero attached hydrogens (tertiary/aromatic N) is 5. The number of anilines is 3. The van der Waals surface area contributed by atoms with Crippen molar-refractivity contribution in [1.82, 2.24) is 9.97 Å². The van der Waals surface area contributed by atoms with Gasteiger partial charge in [-0.05, 0) is 31.9 Å². The van der Waals surface area contributed by atoms with E-state index in [1.807, 2.05) is 25.1 Å². The van der Waals surface area contributed by atoms with Crippen LogP contribution in [0.25, 0.3) is 0 Å². The first-order valence-corrected chi connectivity index (χ1v) is 10.1. The lowest BCUT2D eigenvalue weighted by Crippen LogP contribution is -2.47. The van der Waals surface area contributed by atoms with Gasteiger partial charge in [-0.25, -0.2) is 9.37 Å². The van der Waals surface area contributed by atoms with Gasteiger partial charge in [-0.3, -0.25) is 4.79 Å². The molecule has 154 valence electrons. The summed E-state index contributed by atoms with van der Waals surface area (Å²) in [4.78, 5) is 26.9. The number of aromatic nitrogens is 2. The number of rotatable bonds is 4. The predicted molar refractivity (Wildman–Crippen MR) is 110 cm³/mol. The van der Waals surface area contributed by atoms with Gasteiger partial charge in [-0.2, -0.15) is 4.98 Å². The molecule has 2 fully saturated rings. The Morgan fingerprint density at radius 2 is 1.66 bits per heavy atom. The first kappa shape index (κ1) is 19.4. The molecule has 2 saturated heterocycles. The van der Waals surface area contributed by atoms with Crippen molar-refractivity contribution in [2.24, 2.45) is 5.92 Å². The van der Waals surface area contributed by atoms with Gasteiger partial charge in [0.25, 0.3) is 0 Å². The van der Waals surface area contributed by atoms with Crippen LogP contribution < -0.4 is 14.7 Å². The van der Waals surface area contributed by atoms with E-state index in [0.29, 0.717) is 50.7 Å². The van der Waals surface area contributed by atoms with Crippen molar-refractivity contribution in [3.8, 4) is 0 Å². The summed E-state index contributed by atoms with van der Waals surface area (Å²) >= 11 is 0.